The number of aromatic amines is 1. The van der Waals surface area contributed by atoms with Gasteiger partial charge in [-0.1, -0.05) is 48.9 Å². The molecule has 2 N–H and O–H groups in total. The van der Waals surface area contributed by atoms with Crippen LogP contribution in [0.15, 0.2) is 53.5 Å². The van der Waals surface area contributed by atoms with Gasteiger partial charge in [0.15, 0.2) is 5.82 Å². The average molecular weight is 329 g/mol. The second-order valence-electron chi connectivity index (χ2n) is 5.75. The molecule has 0 saturated heterocycles. The third-order valence-electron chi connectivity index (χ3n) is 3.90. The number of hydrogen-bond donors (Lipinski definition) is 2. The second-order valence-corrected chi connectivity index (χ2v) is 5.75. The molecule has 0 atom stereocenters. The Morgan fingerprint density at radius 3 is 2.52 bits per heavy atom. The van der Waals surface area contributed by atoms with E-state index < -0.39 is 0 Å². The molecule has 0 radical (unpaired) electrons. The summed E-state index contributed by atoms with van der Waals surface area (Å²) in [6, 6.07) is 18.2. The van der Waals surface area contributed by atoms with Crippen LogP contribution in [0.3, 0.4) is 0 Å². The van der Waals surface area contributed by atoms with E-state index in [-0.39, 0.29) is 0 Å². The Morgan fingerprint density at radius 2 is 1.88 bits per heavy atom. The SMILES string of the molecule is CCc1ccc(Nc2[nH]nc(N=Cc3ccc(C)cc3)c2C#N)cc1. The molecule has 0 aliphatic heterocycles. The second kappa shape index (κ2) is 7.45. The predicted octanol–water partition coefficient (Wildman–Crippen LogP) is 4.65. The molecule has 0 unspecified atom stereocenters. The number of aromatic nitrogens is 2. The lowest BCUT2D eigenvalue weighted by Gasteiger charge is -2.04. The number of benzene rings is 2. The summed E-state index contributed by atoms with van der Waals surface area (Å²) in [5.74, 6) is 0.915. The number of nitrogens with one attached hydrogen (secondary N) is 2. The Labute approximate surface area is 147 Å². The van der Waals surface area contributed by atoms with Crippen molar-refractivity contribution in [2.24, 2.45) is 4.99 Å². The largest absolute Gasteiger partial charge is 0.339 e. The summed E-state index contributed by atoms with van der Waals surface area (Å²) in [4.78, 5) is 4.34. The summed E-state index contributed by atoms with van der Waals surface area (Å²) in [7, 11) is 0. The first-order valence-corrected chi connectivity index (χ1v) is 8.14. The Kier molecular flexibility index (Phi) is 4.91. The third kappa shape index (κ3) is 3.93. The van der Waals surface area contributed by atoms with Crippen molar-refractivity contribution in [3.05, 3.63) is 70.8 Å². The molecule has 0 amide bonds. The fraction of sp³-hybridized carbons (Fsp3) is 0.150. The number of rotatable bonds is 5. The molecule has 0 spiro atoms. The van der Waals surface area contributed by atoms with Crippen LogP contribution in [-0.4, -0.2) is 16.4 Å². The van der Waals surface area contributed by atoms with Crippen molar-refractivity contribution in [2.45, 2.75) is 20.3 Å². The van der Waals surface area contributed by atoms with Crippen LogP contribution in [0.5, 0.6) is 0 Å². The van der Waals surface area contributed by atoms with Gasteiger partial charge >= 0.3 is 0 Å². The van der Waals surface area contributed by atoms with Gasteiger partial charge in [0.1, 0.15) is 17.5 Å². The summed E-state index contributed by atoms with van der Waals surface area (Å²) in [6.45, 7) is 4.15. The van der Waals surface area contributed by atoms with Crippen molar-refractivity contribution < 1.29 is 0 Å². The lowest BCUT2D eigenvalue weighted by atomic mass is 10.1. The molecule has 0 aliphatic rings. The van der Waals surface area contributed by atoms with Crippen molar-refractivity contribution >= 4 is 23.5 Å². The van der Waals surface area contributed by atoms with Crippen LogP contribution >= 0.6 is 0 Å². The van der Waals surface area contributed by atoms with Crippen LogP contribution in [0.4, 0.5) is 17.3 Å². The minimum absolute atomic E-state index is 0.371. The van der Waals surface area contributed by atoms with E-state index in [1.165, 1.54) is 11.1 Å². The fourth-order valence-corrected chi connectivity index (χ4v) is 2.38. The van der Waals surface area contributed by atoms with Gasteiger partial charge in [-0.25, -0.2) is 4.99 Å². The van der Waals surface area contributed by atoms with E-state index >= 15 is 0 Å². The van der Waals surface area contributed by atoms with Gasteiger partial charge in [-0.3, -0.25) is 5.10 Å². The van der Waals surface area contributed by atoms with Crippen molar-refractivity contribution in [2.75, 3.05) is 5.32 Å². The Morgan fingerprint density at radius 1 is 1.16 bits per heavy atom. The molecule has 124 valence electrons. The Bertz CT molecular complexity index is 912. The summed E-state index contributed by atoms with van der Waals surface area (Å²) in [5, 5.41) is 19.6. The van der Waals surface area contributed by atoms with Crippen LogP contribution in [0, 0.1) is 18.3 Å². The van der Waals surface area contributed by atoms with Gasteiger partial charge in [0, 0.05) is 11.9 Å². The fourth-order valence-electron chi connectivity index (χ4n) is 2.38. The van der Waals surface area contributed by atoms with Crippen molar-refractivity contribution in [1.82, 2.24) is 10.2 Å². The molecule has 1 aromatic heterocycles. The first kappa shape index (κ1) is 16.5. The molecule has 0 saturated carbocycles. The number of H-pyrrole nitrogens is 1. The number of nitrogens with zero attached hydrogens (tertiary/aromatic N) is 3. The van der Waals surface area contributed by atoms with E-state index in [9.17, 15) is 5.26 Å². The van der Waals surface area contributed by atoms with Gasteiger partial charge < -0.3 is 5.32 Å². The molecular weight excluding hydrogens is 310 g/mol. The highest BCUT2D eigenvalue weighted by molar-refractivity contribution is 5.83. The lowest BCUT2D eigenvalue weighted by molar-refractivity contribution is 1.08. The van der Waals surface area contributed by atoms with E-state index in [1.807, 2.05) is 43.3 Å². The molecule has 25 heavy (non-hydrogen) atoms. The molecule has 3 rings (SSSR count). The van der Waals surface area contributed by atoms with E-state index in [1.54, 1.807) is 6.21 Å². The maximum absolute atomic E-state index is 9.46. The smallest absolute Gasteiger partial charge is 0.193 e. The first-order chi connectivity index (χ1) is 12.2. The molecule has 1 heterocycles. The van der Waals surface area contributed by atoms with Crippen molar-refractivity contribution in [3.8, 4) is 6.07 Å². The Hall–Kier alpha value is -3.39. The van der Waals surface area contributed by atoms with Crippen LogP contribution < -0.4 is 5.32 Å². The normalized spacial score (nSPS) is 10.8. The lowest BCUT2D eigenvalue weighted by Crippen LogP contribution is -1.93. The number of aliphatic imine (C=N–C) groups is 1. The summed E-state index contributed by atoms with van der Waals surface area (Å²) < 4.78 is 0. The topological polar surface area (TPSA) is 76.9 Å². The van der Waals surface area contributed by atoms with Crippen LogP contribution in [0.2, 0.25) is 0 Å². The molecule has 5 nitrogen and oxygen atoms in total. The third-order valence-corrected chi connectivity index (χ3v) is 3.90. The number of aryl methyl sites for hydroxylation is 2. The summed E-state index contributed by atoms with van der Waals surface area (Å²) in [6.07, 6.45) is 2.70. The molecule has 2 aromatic carbocycles. The van der Waals surface area contributed by atoms with Gasteiger partial charge in [-0.2, -0.15) is 10.4 Å². The zero-order valence-electron chi connectivity index (χ0n) is 14.2. The van der Waals surface area contributed by atoms with Gasteiger partial charge in [0.2, 0.25) is 0 Å². The number of anilines is 2. The predicted molar refractivity (Wildman–Crippen MR) is 101 cm³/mol. The van der Waals surface area contributed by atoms with E-state index in [2.05, 4.69) is 45.6 Å². The van der Waals surface area contributed by atoms with Crippen LogP contribution in [0.1, 0.15) is 29.2 Å². The highest BCUT2D eigenvalue weighted by Crippen LogP contribution is 2.25. The molecule has 5 heteroatoms. The highest BCUT2D eigenvalue weighted by Gasteiger charge is 2.12. The summed E-state index contributed by atoms with van der Waals surface area (Å²) in [5.41, 5.74) is 4.70. The van der Waals surface area contributed by atoms with Crippen molar-refractivity contribution in [1.29, 1.82) is 5.26 Å². The number of hydrogen-bond acceptors (Lipinski definition) is 4. The Balaban J connectivity index is 1.80. The first-order valence-electron chi connectivity index (χ1n) is 8.14. The minimum atomic E-state index is 0.371. The average Bonchev–Trinajstić information content (AvgIpc) is 3.03. The molecule has 0 fully saturated rings. The van der Waals surface area contributed by atoms with Crippen LogP contribution in [0.25, 0.3) is 0 Å². The standard InChI is InChI=1S/C20H19N5/c1-3-15-8-10-17(11-9-15)23-20-18(12-21)19(24-25-20)22-13-16-6-4-14(2)5-7-16/h4-11,13H,3H2,1-2H3,(H2,23,24,25). The molecular formula is C20H19N5. The molecule has 0 aliphatic carbocycles. The minimum Gasteiger partial charge on any atom is -0.339 e. The van der Waals surface area contributed by atoms with Crippen LogP contribution in [-0.2, 0) is 6.42 Å². The zero-order chi connectivity index (χ0) is 17.6. The molecule has 3 aromatic rings. The van der Waals surface area contributed by atoms with Gasteiger partial charge in [0.05, 0.1) is 0 Å². The maximum Gasteiger partial charge on any atom is 0.193 e. The van der Waals surface area contributed by atoms with Gasteiger partial charge in [0.25, 0.3) is 0 Å². The highest BCUT2D eigenvalue weighted by atomic mass is 15.2. The van der Waals surface area contributed by atoms with E-state index in [4.69, 9.17) is 0 Å². The van der Waals surface area contributed by atoms with Gasteiger partial charge in [-0.05, 0) is 36.6 Å². The maximum atomic E-state index is 9.46. The number of nitriles is 1. The van der Waals surface area contributed by atoms with E-state index in [0.29, 0.717) is 17.2 Å². The van der Waals surface area contributed by atoms with Gasteiger partial charge in [-0.15, -0.1) is 0 Å². The monoisotopic (exact) mass is 329 g/mol. The van der Waals surface area contributed by atoms with E-state index in [0.717, 1.165) is 17.7 Å². The molecule has 0 bridgehead atoms. The summed E-state index contributed by atoms with van der Waals surface area (Å²) >= 11 is 0. The quantitative estimate of drug-likeness (QED) is 0.669. The zero-order valence-corrected chi connectivity index (χ0v) is 14.2. The van der Waals surface area contributed by atoms with Crippen molar-refractivity contribution in [3.63, 3.8) is 0 Å².